The summed E-state index contributed by atoms with van der Waals surface area (Å²) in [4.78, 5) is 36.2. The number of nitrogens with zero attached hydrogens (tertiary/aromatic N) is 1. The third kappa shape index (κ3) is 7.08. The van der Waals surface area contributed by atoms with E-state index in [2.05, 4.69) is 10.6 Å². The van der Waals surface area contributed by atoms with Crippen LogP contribution in [0.3, 0.4) is 0 Å². The van der Waals surface area contributed by atoms with Gasteiger partial charge in [-0.15, -0.1) is 0 Å². The molecule has 1 aromatic rings. The Labute approximate surface area is 153 Å². The number of amides is 2. The fourth-order valence-electron chi connectivity index (χ4n) is 2.45. The molecule has 144 valence electrons. The summed E-state index contributed by atoms with van der Waals surface area (Å²) >= 11 is 0. The predicted octanol–water partition coefficient (Wildman–Crippen LogP) is 1.22. The first-order valence-corrected chi connectivity index (χ1v) is 8.56. The first kappa shape index (κ1) is 21.4. The SMILES string of the molecule is CCC[C@H](NC(=O)[C@H](CC(C)(C)C)NC(=O)c1cc[n+]([O-])cc1)C(=O)O. The molecule has 2 atom stereocenters. The third-order valence-electron chi connectivity index (χ3n) is 3.69. The molecule has 0 spiro atoms. The number of carbonyl (C=O) groups is 3. The molecule has 0 aliphatic carbocycles. The van der Waals surface area contributed by atoms with Crippen LogP contribution >= 0.6 is 0 Å². The zero-order valence-electron chi connectivity index (χ0n) is 15.6. The minimum Gasteiger partial charge on any atom is -0.619 e. The molecular formula is C18H27N3O5. The molecule has 1 aromatic heterocycles. The number of nitrogens with one attached hydrogen (secondary N) is 2. The second kappa shape index (κ2) is 9.17. The van der Waals surface area contributed by atoms with E-state index in [1.165, 1.54) is 24.5 Å². The van der Waals surface area contributed by atoms with Crippen LogP contribution in [-0.4, -0.2) is 35.0 Å². The van der Waals surface area contributed by atoms with Gasteiger partial charge < -0.3 is 20.9 Å². The average Bonchev–Trinajstić information content (AvgIpc) is 2.52. The number of hydrogen-bond acceptors (Lipinski definition) is 4. The van der Waals surface area contributed by atoms with Crippen LogP contribution in [0.4, 0.5) is 0 Å². The lowest BCUT2D eigenvalue weighted by Gasteiger charge is -2.27. The van der Waals surface area contributed by atoms with Gasteiger partial charge in [-0.05, 0) is 18.3 Å². The van der Waals surface area contributed by atoms with Gasteiger partial charge in [0.05, 0.1) is 5.56 Å². The van der Waals surface area contributed by atoms with Crippen molar-refractivity contribution in [2.45, 2.75) is 59.0 Å². The van der Waals surface area contributed by atoms with E-state index in [0.717, 1.165) is 0 Å². The van der Waals surface area contributed by atoms with E-state index in [9.17, 15) is 24.7 Å². The molecule has 1 rings (SSSR count). The van der Waals surface area contributed by atoms with Crippen molar-refractivity contribution in [2.24, 2.45) is 5.41 Å². The van der Waals surface area contributed by atoms with Gasteiger partial charge in [-0.1, -0.05) is 34.1 Å². The molecule has 0 aliphatic heterocycles. The number of carboxylic acid groups (broad SMARTS) is 1. The van der Waals surface area contributed by atoms with Gasteiger partial charge in [-0.2, -0.15) is 4.73 Å². The van der Waals surface area contributed by atoms with E-state index in [1.807, 2.05) is 27.7 Å². The van der Waals surface area contributed by atoms with Gasteiger partial charge in [-0.25, -0.2) is 4.79 Å². The molecule has 0 saturated carbocycles. The molecule has 8 heteroatoms. The Kier molecular flexibility index (Phi) is 7.55. The molecule has 0 bridgehead atoms. The Morgan fingerprint density at radius 1 is 1.15 bits per heavy atom. The van der Waals surface area contributed by atoms with Gasteiger partial charge in [0, 0.05) is 12.1 Å². The van der Waals surface area contributed by atoms with Gasteiger partial charge >= 0.3 is 5.97 Å². The van der Waals surface area contributed by atoms with Crippen LogP contribution in [0.25, 0.3) is 0 Å². The quantitative estimate of drug-likeness (QED) is 0.472. The van der Waals surface area contributed by atoms with Crippen molar-refractivity contribution in [1.82, 2.24) is 10.6 Å². The standard InChI is InChI=1S/C18H27N3O5/c1-5-6-13(17(24)25)19-16(23)14(11-18(2,3)4)20-15(22)12-7-9-21(26)10-8-12/h7-10,13-14H,5-6,11H2,1-4H3,(H,19,23)(H,20,22)(H,24,25)/t13-,14-/m0/s1. The number of aliphatic carboxylic acids is 1. The maximum Gasteiger partial charge on any atom is 0.326 e. The van der Waals surface area contributed by atoms with Crippen molar-refractivity contribution < 1.29 is 24.2 Å². The van der Waals surface area contributed by atoms with Gasteiger partial charge in [0.2, 0.25) is 5.91 Å². The van der Waals surface area contributed by atoms with E-state index in [4.69, 9.17) is 0 Å². The summed E-state index contributed by atoms with van der Waals surface area (Å²) in [6.07, 6.45) is 3.62. The van der Waals surface area contributed by atoms with Crippen molar-refractivity contribution in [1.29, 1.82) is 0 Å². The maximum absolute atomic E-state index is 12.6. The fraction of sp³-hybridized carbons (Fsp3) is 0.556. The Bertz CT molecular complexity index is 637. The van der Waals surface area contributed by atoms with Gasteiger partial charge in [-0.3, -0.25) is 9.59 Å². The Balaban J connectivity index is 2.92. The van der Waals surface area contributed by atoms with E-state index in [0.29, 0.717) is 24.0 Å². The van der Waals surface area contributed by atoms with Crippen LogP contribution in [0.1, 0.15) is 57.3 Å². The Hall–Kier alpha value is -2.64. The first-order chi connectivity index (χ1) is 12.0. The zero-order valence-corrected chi connectivity index (χ0v) is 15.6. The maximum atomic E-state index is 12.6. The minimum atomic E-state index is -1.11. The number of pyridine rings is 1. The lowest BCUT2D eigenvalue weighted by molar-refractivity contribution is -0.605. The van der Waals surface area contributed by atoms with E-state index >= 15 is 0 Å². The van der Waals surface area contributed by atoms with Crippen LogP contribution in [0.15, 0.2) is 24.5 Å². The molecule has 2 amide bonds. The van der Waals surface area contributed by atoms with Crippen LogP contribution < -0.4 is 15.4 Å². The summed E-state index contributed by atoms with van der Waals surface area (Å²) in [7, 11) is 0. The number of rotatable bonds is 8. The topological polar surface area (TPSA) is 122 Å². The van der Waals surface area contributed by atoms with Crippen molar-refractivity contribution in [3.05, 3.63) is 35.3 Å². The highest BCUT2D eigenvalue weighted by atomic mass is 16.5. The lowest BCUT2D eigenvalue weighted by atomic mass is 9.87. The van der Waals surface area contributed by atoms with E-state index in [1.54, 1.807) is 0 Å². The molecule has 0 fully saturated rings. The molecule has 0 aromatic carbocycles. The molecule has 1 heterocycles. The summed E-state index contributed by atoms with van der Waals surface area (Å²) in [5.41, 5.74) is -0.0276. The van der Waals surface area contributed by atoms with Gasteiger partial charge in [0.25, 0.3) is 5.91 Å². The summed E-state index contributed by atoms with van der Waals surface area (Å²) in [6, 6.07) is 0.820. The number of carboxylic acids is 1. The number of hydrogen-bond donors (Lipinski definition) is 3. The van der Waals surface area contributed by atoms with Gasteiger partial charge in [0.1, 0.15) is 12.1 Å². The molecule has 26 heavy (non-hydrogen) atoms. The lowest BCUT2D eigenvalue weighted by Crippen LogP contribution is -2.52. The monoisotopic (exact) mass is 365 g/mol. The van der Waals surface area contributed by atoms with Crippen LogP contribution in [0, 0.1) is 10.6 Å². The van der Waals surface area contributed by atoms with Gasteiger partial charge in [0.15, 0.2) is 12.4 Å². The Morgan fingerprint density at radius 3 is 2.19 bits per heavy atom. The molecule has 0 aliphatic rings. The minimum absolute atomic E-state index is 0.243. The first-order valence-electron chi connectivity index (χ1n) is 8.56. The molecule has 8 nitrogen and oxygen atoms in total. The second-order valence-corrected chi connectivity index (χ2v) is 7.43. The van der Waals surface area contributed by atoms with Crippen molar-refractivity contribution >= 4 is 17.8 Å². The molecular weight excluding hydrogens is 338 g/mol. The van der Waals surface area contributed by atoms with Crippen molar-refractivity contribution in [3.63, 3.8) is 0 Å². The van der Waals surface area contributed by atoms with Crippen LogP contribution in [-0.2, 0) is 9.59 Å². The molecule has 0 unspecified atom stereocenters. The van der Waals surface area contributed by atoms with Crippen LogP contribution in [0.2, 0.25) is 0 Å². The molecule has 0 radical (unpaired) electrons. The third-order valence-corrected chi connectivity index (χ3v) is 3.69. The number of carbonyl (C=O) groups excluding carboxylic acids is 2. The summed E-state index contributed by atoms with van der Waals surface area (Å²) < 4.78 is 0.554. The highest BCUT2D eigenvalue weighted by Crippen LogP contribution is 2.21. The highest BCUT2D eigenvalue weighted by molar-refractivity contribution is 5.97. The summed E-state index contributed by atoms with van der Waals surface area (Å²) in [5.74, 6) is -2.15. The molecule has 0 saturated heterocycles. The number of aromatic nitrogens is 1. The van der Waals surface area contributed by atoms with Crippen molar-refractivity contribution in [2.75, 3.05) is 0 Å². The summed E-state index contributed by atoms with van der Waals surface area (Å²) in [6.45, 7) is 7.59. The fourth-order valence-corrected chi connectivity index (χ4v) is 2.45. The Morgan fingerprint density at radius 2 is 1.73 bits per heavy atom. The highest BCUT2D eigenvalue weighted by Gasteiger charge is 2.29. The van der Waals surface area contributed by atoms with E-state index in [-0.39, 0.29) is 11.0 Å². The van der Waals surface area contributed by atoms with E-state index < -0.39 is 29.9 Å². The largest absolute Gasteiger partial charge is 0.619 e. The predicted molar refractivity (Wildman–Crippen MR) is 95.2 cm³/mol. The second-order valence-electron chi connectivity index (χ2n) is 7.43. The normalized spacial score (nSPS) is 13.5. The smallest absolute Gasteiger partial charge is 0.326 e. The zero-order chi connectivity index (χ0) is 19.9. The summed E-state index contributed by atoms with van der Waals surface area (Å²) in [5, 5.41) is 25.4. The molecule has 3 N–H and O–H groups in total. The average molecular weight is 365 g/mol. The van der Waals surface area contributed by atoms with Crippen molar-refractivity contribution in [3.8, 4) is 0 Å². The van der Waals surface area contributed by atoms with Crippen LogP contribution in [0.5, 0.6) is 0 Å².